The third-order valence-electron chi connectivity index (χ3n) is 6.78. The third-order valence-corrected chi connectivity index (χ3v) is 8.00. The molecule has 1 aromatic heterocycles. The van der Waals surface area contributed by atoms with E-state index >= 15 is 0 Å². The molecule has 1 aromatic carbocycles. The highest BCUT2D eigenvalue weighted by Gasteiger charge is 2.52. The van der Waals surface area contributed by atoms with E-state index < -0.39 is 11.5 Å². The number of rotatable bonds is 3. The van der Waals surface area contributed by atoms with E-state index in [1.54, 1.807) is 11.0 Å². The predicted octanol–water partition coefficient (Wildman–Crippen LogP) is 4.33. The molecule has 31 heavy (non-hydrogen) atoms. The van der Waals surface area contributed by atoms with Crippen LogP contribution in [0.15, 0.2) is 30.3 Å². The number of hydrogen-bond acceptors (Lipinski definition) is 5. The minimum absolute atomic E-state index is 0.150. The Balaban J connectivity index is 1.35. The maximum absolute atomic E-state index is 13.3. The summed E-state index contributed by atoms with van der Waals surface area (Å²) in [4.78, 5) is 42.4. The van der Waals surface area contributed by atoms with E-state index in [4.69, 9.17) is 4.74 Å². The Morgan fingerprint density at radius 1 is 1.26 bits per heavy atom. The Hall–Kier alpha value is -2.67. The van der Waals surface area contributed by atoms with E-state index in [0.29, 0.717) is 35.0 Å². The summed E-state index contributed by atoms with van der Waals surface area (Å²) in [5, 5.41) is 2.96. The van der Waals surface area contributed by atoms with Crippen LogP contribution in [0, 0.1) is 5.92 Å². The predicted molar refractivity (Wildman–Crippen MR) is 120 cm³/mol. The Morgan fingerprint density at radius 2 is 2.03 bits per heavy atom. The van der Waals surface area contributed by atoms with Crippen molar-refractivity contribution in [2.24, 2.45) is 5.92 Å². The van der Waals surface area contributed by atoms with Gasteiger partial charge in [-0.25, -0.2) is 4.79 Å². The fourth-order valence-electron chi connectivity index (χ4n) is 5.20. The van der Waals surface area contributed by atoms with Gasteiger partial charge in [0.15, 0.2) is 6.61 Å². The number of para-hydroxylation sites is 2. The van der Waals surface area contributed by atoms with Crippen molar-refractivity contribution in [3.05, 3.63) is 45.6 Å². The first-order valence-electron chi connectivity index (χ1n) is 11.0. The summed E-state index contributed by atoms with van der Waals surface area (Å²) in [6.07, 6.45) is 6.12. The van der Waals surface area contributed by atoms with Crippen LogP contribution in [0.25, 0.3) is 0 Å². The molecule has 0 saturated heterocycles. The molecule has 6 nitrogen and oxygen atoms in total. The lowest BCUT2D eigenvalue weighted by Gasteiger charge is -2.44. The highest BCUT2D eigenvalue weighted by Crippen LogP contribution is 2.45. The van der Waals surface area contributed by atoms with Crippen LogP contribution in [-0.4, -0.2) is 29.9 Å². The molecule has 7 heteroatoms. The Morgan fingerprint density at radius 3 is 2.84 bits per heavy atom. The SMILES string of the molecule is CC1CCc2sc(C(=O)OCC(=O)N3c4ccccc4NC(=O)C34CCCC4)cc2C1. The van der Waals surface area contributed by atoms with Crippen molar-refractivity contribution < 1.29 is 19.1 Å². The Labute approximate surface area is 185 Å². The van der Waals surface area contributed by atoms with Gasteiger partial charge in [-0.2, -0.15) is 0 Å². The maximum Gasteiger partial charge on any atom is 0.348 e. The monoisotopic (exact) mass is 438 g/mol. The quantitative estimate of drug-likeness (QED) is 0.724. The number of hydrogen-bond donors (Lipinski definition) is 1. The van der Waals surface area contributed by atoms with Gasteiger partial charge in [-0.1, -0.05) is 31.9 Å². The van der Waals surface area contributed by atoms with Crippen molar-refractivity contribution in [2.75, 3.05) is 16.8 Å². The van der Waals surface area contributed by atoms with Crippen molar-refractivity contribution in [1.82, 2.24) is 0 Å². The van der Waals surface area contributed by atoms with Crippen molar-refractivity contribution >= 4 is 40.5 Å². The van der Waals surface area contributed by atoms with Crippen LogP contribution in [0.5, 0.6) is 0 Å². The van der Waals surface area contributed by atoms with Crippen molar-refractivity contribution in [2.45, 2.75) is 57.4 Å². The summed E-state index contributed by atoms with van der Waals surface area (Å²) in [7, 11) is 0. The van der Waals surface area contributed by atoms with Gasteiger partial charge in [-0.05, 0) is 61.8 Å². The molecule has 1 fully saturated rings. The summed E-state index contributed by atoms with van der Waals surface area (Å²) in [5.74, 6) is -0.341. The van der Waals surface area contributed by atoms with Gasteiger partial charge < -0.3 is 10.1 Å². The van der Waals surface area contributed by atoms with E-state index in [9.17, 15) is 14.4 Å². The van der Waals surface area contributed by atoms with Gasteiger partial charge in [0.05, 0.1) is 11.4 Å². The number of benzene rings is 1. The van der Waals surface area contributed by atoms with Crippen molar-refractivity contribution in [3.63, 3.8) is 0 Å². The van der Waals surface area contributed by atoms with Gasteiger partial charge >= 0.3 is 5.97 Å². The van der Waals surface area contributed by atoms with Crippen molar-refractivity contribution in [3.8, 4) is 0 Å². The zero-order valence-corrected chi connectivity index (χ0v) is 18.4. The molecule has 3 aliphatic rings. The minimum Gasteiger partial charge on any atom is -0.451 e. The molecular formula is C24H26N2O4S. The van der Waals surface area contributed by atoms with E-state index in [2.05, 4.69) is 12.2 Å². The first kappa shape index (κ1) is 20.2. The van der Waals surface area contributed by atoms with Crippen LogP contribution < -0.4 is 10.2 Å². The molecule has 2 aliphatic carbocycles. The van der Waals surface area contributed by atoms with Gasteiger partial charge in [0.2, 0.25) is 0 Å². The van der Waals surface area contributed by atoms with Crippen LogP contribution in [0.3, 0.4) is 0 Å². The van der Waals surface area contributed by atoms with Crippen LogP contribution in [0.2, 0.25) is 0 Å². The molecule has 1 unspecified atom stereocenters. The summed E-state index contributed by atoms with van der Waals surface area (Å²) in [6.45, 7) is 1.85. The lowest BCUT2D eigenvalue weighted by molar-refractivity contribution is -0.129. The second-order valence-electron chi connectivity index (χ2n) is 8.92. The molecule has 1 atom stereocenters. The number of esters is 1. The number of fused-ring (bicyclic) bond motifs is 2. The van der Waals surface area contributed by atoms with E-state index in [0.717, 1.165) is 32.1 Å². The van der Waals surface area contributed by atoms with E-state index in [1.807, 2.05) is 24.3 Å². The van der Waals surface area contributed by atoms with Crippen molar-refractivity contribution in [1.29, 1.82) is 0 Å². The number of carbonyl (C=O) groups excluding carboxylic acids is 3. The molecular weight excluding hydrogens is 412 g/mol. The average Bonchev–Trinajstić information content (AvgIpc) is 3.40. The highest BCUT2D eigenvalue weighted by atomic mass is 32.1. The lowest BCUT2D eigenvalue weighted by Crippen LogP contribution is -2.61. The summed E-state index contributed by atoms with van der Waals surface area (Å²) >= 11 is 1.48. The van der Waals surface area contributed by atoms with Gasteiger partial charge in [-0.15, -0.1) is 11.3 Å². The topological polar surface area (TPSA) is 75.7 Å². The number of aryl methyl sites for hydroxylation is 1. The fraction of sp³-hybridized carbons (Fsp3) is 0.458. The normalized spacial score (nSPS) is 21.4. The van der Waals surface area contributed by atoms with Gasteiger partial charge in [0.1, 0.15) is 10.4 Å². The summed E-state index contributed by atoms with van der Waals surface area (Å²) in [5.41, 5.74) is 1.62. The molecule has 1 saturated carbocycles. The maximum atomic E-state index is 13.3. The number of ether oxygens (including phenoxy) is 1. The number of amides is 2. The second kappa shape index (κ2) is 7.79. The third kappa shape index (κ3) is 3.45. The van der Waals surface area contributed by atoms with E-state index in [-0.39, 0.29) is 18.4 Å². The van der Waals surface area contributed by atoms with E-state index in [1.165, 1.54) is 21.8 Å². The molecule has 1 aliphatic heterocycles. The molecule has 2 heterocycles. The number of carbonyl (C=O) groups is 3. The number of thiophene rings is 1. The summed E-state index contributed by atoms with van der Waals surface area (Å²) in [6, 6.07) is 9.22. The molecule has 1 N–H and O–H groups in total. The second-order valence-corrected chi connectivity index (χ2v) is 10.1. The van der Waals surface area contributed by atoms with Gasteiger partial charge in [0, 0.05) is 4.88 Å². The molecule has 1 spiro atoms. The van der Waals surface area contributed by atoms with Gasteiger partial charge in [-0.3, -0.25) is 14.5 Å². The van der Waals surface area contributed by atoms with Crippen LogP contribution >= 0.6 is 11.3 Å². The minimum atomic E-state index is -0.893. The lowest BCUT2D eigenvalue weighted by atomic mass is 9.90. The number of nitrogens with one attached hydrogen (secondary N) is 1. The zero-order chi connectivity index (χ0) is 21.6. The molecule has 0 radical (unpaired) electrons. The number of anilines is 2. The highest BCUT2D eigenvalue weighted by molar-refractivity contribution is 7.14. The molecule has 2 aromatic rings. The smallest absolute Gasteiger partial charge is 0.348 e. The average molecular weight is 439 g/mol. The molecule has 5 rings (SSSR count). The first-order chi connectivity index (χ1) is 15.0. The Kier molecular flexibility index (Phi) is 5.08. The Bertz CT molecular complexity index is 1050. The largest absolute Gasteiger partial charge is 0.451 e. The standard InChI is InChI=1S/C24H26N2O4S/c1-15-8-9-19-16(12-15)13-20(31-19)22(28)30-14-21(27)26-18-7-3-2-6-17(18)25-23(29)24(26)10-4-5-11-24/h2-3,6-7,13,15H,4-5,8-12,14H2,1H3,(H,25,29). The first-order valence-corrected chi connectivity index (χ1v) is 11.8. The fourth-order valence-corrected chi connectivity index (χ4v) is 6.30. The summed E-state index contributed by atoms with van der Waals surface area (Å²) < 4.78 is 5.45. The van der Waals surface area contributed by atoms with Crippen LogP contribution in [0.4, 0.5) is 11.4 Å². The van der Waals surface area contributed by atoms with Crippen LogP contribution in [-0.2, 0) is 27.2 Å². The molecule has 2 amide bonds. The zero-order valence-electron chi connectivity index (χ0n) is 17.6. The molecule has 0 bridgehead atoms. The van der Waals surface area contributed by atoms with Gasteiger partial charge in [0.25, 0.3) is 11.8 Å². The molecule has 162 valence electrons. The number of nitrogens with zero attached hydrogens (tertiary/aromatic N) is 1. The van der Waals surface area contributed by atoms with Crippen LogP contribution in [0.1, 0.15) is 59.1 Å².